The van der Waals surface area contributed by atoms with Crippen LogP contribution < -0.4 is 15.8 Å². The Bertz CT molecular complexity index is 377. The van der Waals surface area contributed by atoms with Crippen molar-refractivity contribution in [1.29, 1.82) is 0 Å². The summed E-state index contributed by atoms with van der Waals surface area (Å²) in [5, 5.41) is 3.09. The number of nitrogens with one attached hydrogen (secondary N) is 1. The molecule has 1 aromatic rings. The average molecular weight is 284 g/mol. The molecule has 0 unspecified atom stereocenters. The molecule has 0 fully saturated rings. The Kier molecular flexibility index (Phi) is 3.66. The number of hydrogen-bond donors (Lipinski definition) is 2. The third-order valence-corrected chi connectivity index (χ3v) is 2.91. The predicted molar refractivity (Wildman–Crippen MR) is 65.8 cm³/mol. The third kappa shape index (κ3) is 3.13. The molecule has 1 atom stereocenters. The molecule has 86 valence electrons. The number of nitrogens with zero attached hydrogens (tertiary/aromatic N) is 1. The number of pyridine rings is 1. The minimum atomic E-state index is 0.475. The van der Waals surface area contributed by atoms with E-state index in [9.17, 15) is 0 Å². The SMILES string of the molecule is NC1=C[C@H](CCOc2ccc(Br)nc2)CN1. The Morgan fingerprint density at radius 3 is 3.06 bits per heavy atom. The molecule has 4 nitrogen and oxygen atoms in total. The minimum Gasteiger partial charge on any atom is -0.492 e. The average Bonchev–Trinajstić information content (AvgIpc) is 2.67. The van der Waals surface area contributed by atoms with E-state index in [0.29, 0.717) is 12.5 Å². The van der Waals surface area contributed by atoms with Gasteiger partial charge in [0.15, 0.2) is 0 Å². The molecule has 2 rings (SSSR count). The summed E-state index contributed by atoms with van der Waals surface area (Å²) < 4.78 is 6.39. The molecule has 5 heteroatoms. The molecular formula is C11H14BrN3O. The van der Waals surface area contributed by atoms with Gasteiger partial charge in [0.05, 0.1) is 18.6 Å². The molecule has 0 saturated heterocycles. The summed E-state index contributed by atoms with van der Waals surface area (Å²) in [6.07, 6.45) is 4.72. The first-order valence-corrected chi connectivity index (χ1v) is 5.99. The lowest BCUT2D eigenvalue weighted by molar-refractivity contribution is 0.292. The van der Waals surface area contributed by atoms with Gasteiger partial charge in [-0.1, -0.05) is 0 Å². The lowest BCUT2D eigenvalue weighted by Gasteiger charge is -2.08. The first-order chi connectivity index (χ1) is 7.74. The molecule has 0 amide bonds. The van der Waals surface area contributed by atoms with Crippen molar-refractivity contribution in [2.45, 2.75) is 6.42 Å². The van der Waals surface area contributed by atoms with Gasteiger partial charge in [-0.3, -0.25) is 0 Å². The van der Waals surface area contributed by atoms with Gasteiger partial charge in [0.1, 0.15) is 10.4 Å². The van der Waals surface area contributed by atoms with Gasteiger partial charge in [0, 0.05) is 12.5 Å². The third-order valence-electron chi connectivity index (χ3n) is 2.44. The van der Waals surface area contributed by atoms with Gasteiger partial charge < -0.3 is 15.8 Å². The highest BCUT2D eigenvalue weighted by atomic mass is 79.9. The second kappa shape index (κ2) is 5.21. The van der Waals surface area contributed by atoms with E-state index in [0.717, 1.165) is 29.1 Å². The largest absolute Gasteiger partial charge is 0.492 e. The molecule has 1 aliphatic heterocycles. The highest BCUT2D eigenvalue weighted by Crippen LogP contribution is 2.15. The summed E-state index contributed by atoms with van der Waals surface area (Å²) in [6, 6.07) is 3.76. The van der Waals surface area contributed by atoms with Crippen molar-refractivity contribution in [2.75, 3.05) is 13.2 Å². The van der Waals surface area contributed by atoms with Crippen LogP contribution in [-0.4, -0.2) is 18.1 Å². The van der Waals surface area contributed by atoms with Gasteiger partial charge in [-0.2, -0.15) is 0 Å². The fourth-order valence-electron chi connectivity index (χ4n) is 1.58. The van der Waals surface area contributed by atoms with Crippen LogP contribution in [0, 0.1) is 5.92 Å². The Labute approximate surface area is 103 Å². The van der Waals surface area contributed by atoms with Gasteiger partial charge in [-0.05, 0) is 40.6 Å². The van der Waals surface area contributed by atoms with Crippen LogP contribution in [0.4, 0.5) is 0 Å². The molecule has 1 aromatic heterocycles. The second-order valence-corrected chi connectivity index (χ2v) is 4.53. The van der Waals surface area contributed by atoms with E-state index in [1.165, 1.54) is 0 Å². The van der Waals surface area contributed by atoms with Crippen molar-refractivity contribution in [2.24, 2.45) is 11.7 Å². The summed E-state index contributed by atoms with van der Waals surface area (Å²) in [5.74, 6) is 2.05. The second-order valence-electron chi connectivity index (χ2n) is 3.72. The zero-order valence-corrected chi connectivity index (χ0v) is 10.4. The van der Waals surface area contributed by atoms with E-state index >= 15 is 0 Å². The molecule has 2 heterocycles. The Balaban J connectivity index is 1.74. The van der Waals surface area contributed by atoms with Crippen molar-refractivity contribution in [3.8, 4) is 5.75 Å². The zero-order chi connectivity index (χ0) is 11.4. The van der Waals surface area contributed by atoms with Crippen LogP contribution >= 0.6 is 15.9 Å². The van der Waals surface area contributed by atoms with Crippen LogP contribution in [0.3, 0.4) is 0 Å². The molecular weight excluding hydrogens is 270 g/mol. The number of nitrogens with two attached hydrogens (primary N) is 1. The molecule has 0 saturated carbocycles. The maximum Gasteiger partial charge on any atom is 0.137 e. The number of aromatic nitrogens is 1. The predicted octanol–water partition coefficient (Wildman–Crippen LogP) is 1.63. The van der Waals surface area contributed by atoms with Crippen molar-refractivity contribution >= 4 is 15.9 Å². The molecule has 3 N–H and O–H groups in total. The van der Waals surface area contributed by atoms with Crippen LogP contribution in [0.2, 0.25) is 0 Å². The van der Waals surface area contributed by atoms with Crippen molar-refractivity contribution in [3.05, 3.63) is 34.8 Å². The Morgan fingerprint density at radius 2 is 2.44 bits per heavy atom. The van der Waals surface area contributed by atoms with E-state index in [-0.39, 0.29) is 0 Å². The quantitative estimate of drug-likeness (QED) is 0.825. The fraction of sp³-hybridized carbons (Fsp3) is 0.364. The van der Waals surface area contributed by atoms with Crippen molar-refractivity contribution in [3.63, 3.8) is 0 Å². The van der Waals surface area contributed by atoms with Crippen molar-refractivity contribution in [1.82, 2.24) is 10.3 Å². The van der Waals surface area contributed by atoms with Crippen LogP contribution in [0.25, 0.3) is 0 Å². The maximum atomic E-state index is 5.62. The van der Waals surface area contributed by atoms with Gasteiger partial charge in [-0.25, -0.2) is 4.98 Å². The van der Waals surface area contributed by atoms with Gasteiger partial charge in [0.2, 0.25) is 0 Å². The maximum absolute atomic E-state index is 5.62. The normalized spacial score (nSPS) is 19.1. The Hall–Kier alpha value is -1.23. The number of halogens is 1. The summed E-state index contributed by atoms with van der Waals surface area (Å²) in [4.78, 5) is 4.09. The van der Waals surface area contributed by atoms with E-state index in [4.69, 9.17) is 10.5 Å². The summed E-state index contributed by atoms with van der Waals surface area (Å²) >= 11 is 3.28. The molecule has 0 bridgehead atoms. The zero-order valence-electron chi connectivity index (χ0n) is 8.82. The van der Waals surface area contributed by atoms with E-state index in [1.807, 2.05) is 18.2 Å². The van der Waals surface area contributed by atoms with Crippen LogP contribution in [0.15, 0.2) is 34.8 Å². The van der Waals surface area contributed by atoms with E-state index in [1.54, 1.807) is 6.20 Å². The van der Waals surface area contributed by atoms with Gasteiger partial charge >= 0.3 is 0 Å². The van der Waals surface area contributed by atoms with E-state index < -0.39 is 0 Å². The highest BCUT2D eigenvalue weighted by Gasteiger charge is 2.12. The molecule has 16 heavy (non-hydrogen) atoms. The smallest absolute Gasteiger partial charge is 0.137 e. The standard InChI is InChI=1S/C11H14BrN3O/c12-10-2-1-9(7-14-10)16-4-3-8-5-11(13)15-6-8/h1-2,5,7-8,15H,3-4,6,13H2/t8-/m0/s1. The molecule has 0 aliphatic carbocycles. The summed E-state index contributed by atoms with van der Waals surface area (Å²) in [6.45, 7) is 1.59. The number of ether oxygens (including phenoxy) is 1. The summed E-state index contributed by atoms with van der Waals surface area (Å²) in [7, 11) is 0. The van der Waals surface area contributed by atoms with Crippen molar-refractivity contribution < 1.29 is 4.74 Å². The Morgan fingerprint density at radius 1 is 1.56 bits per heavy atom. The monoisotopic (exact) mass is 283 g/mol. The number of hydrogen-bond acceptors (Lipinski definition) is 4. The molecule has 0 radical (unpaired) electrons. The van der Waals surface area contributed by atoms with Crippen LogP contribution in [0.1, 0.15) is 6.42 Å². The first kappa shape index (κ1) is 11.3. The first-order valence-electron chi connectivity index (χ1n) is 5.19. The molecule has 0 spiro atoms. The molecule has 0 aromatic carbocycles. The lowest BCUT2D eigenvalue weighted by atomic mass is 10.1. The number of rotatable bonds is 4. The van der Waals surface area contributed by atoms with Crippen LogP contribution in [0.5, 0.6) is 5.75 Å². The van der Waals surface area contributed by atoms with E-state index in [2.05, 4.69) is 26.2 Å². The molecule has 1 aliphatic rings. The fourth-order valence-corrected chi connectivity index (χ4v) is 1.82. The highest BCUT2D eigenvalue weighted by molar-refractivity contribution is 9.10. The lowest BCUT2D eigenvalue weighted by Crippen LogP contribution is -2.17. The topological polar surface area (TPSA) is 60.2 Å². The summed E-state index contributed by atoms with van der Waals surface area (Å²) in [5.41, 5.74) is 5.62. The minimum absolute atomic E-state index is 0.475. The van der Waals surface area contributed by atoms with Gasteiger partial charge in [-0.15, -0.1) is 0 Å². The van der Waals surface area contributed by atoms with Crippen LogP contribution in [-0.2, 0) is 0 Å². The van der Waals surface area contributed by atoms with Gasteiger partial charge in [0.25, 0.3) is 0 Å².